The van der Waals surface area contributed by atoms with Crippen molar-refractivity contribution in [1.29, 1.82) is 0 Å². The summed E-state index contributed by atoms with van der Waals surface area (Å²) < 4.78 is 17.0. The molecule has 2 aliphatic rings. The summed E-state index contributed by atoms with van der Waals surface area (Å²) in [6.45, 7) is 13.3. The van der Waals surface area contributed by atoms with Crippen LogP contribution in [0.1, 0.15) is 61.3 Å². The zero-order valence-corrected chi connectivity index (χ0v) is 14.0. The summed E-state index contributed by atoms with van der Waals surface area (Å²) in [5, 5.41) is 16.2. The lowest BCUT2D eigenvalue weighted by Gasteiger charge is -2.20. The minimum atomic E-state index is -1.50. The lowest BCUT2D eigenvalue weighted by Crippen LogP contribution is -2.30. The van der Waals surface area contributed by atoms with Gasteiger partial charge in [0.2, 0.25) is 0 Å². The second kappa shape index (κ2) is 8.29. The van der Waals surface area contributed by atoms with Gasteiger partial charge in [-0.1, -0.05) is 13.8 Å². The third-order valence-electron chi connectivity index (χ3n) is 2.71. The van der Waals surface area contributed by atoms with Gasteiger partial charge in [0.1, 0.15) is 6.10 Å². The number of aliphatic hydroxyl groups is 2. The fourth-order valence-electron chi connectivity index (χ4n) is 2.01. The van der Waals surface area contributed by atoms with Crippen molar-refractivity contribution in [2.75, 3.05) is 6.61 Å². The van der Waals surface area contributed by atoms with E-state index in [0.717, 1.165) is 12.8 Å². The molecule has 0 aromatic carbocycles. The van der Waals surface area contributed by atoms with E-state index in [0.29, 0.717) is 12.7 Å². The Hall–Kier alpha value is -0.200. The predicted octanol–water partition coefficient (Wildman–Crippen LogP) is 2.44. The second-order valence-corrected chi connectivity index (χ2v) is 5.92. The monoisotopic (exact) mass is 292 g/mol. The van der Waals surface area contributed by atoms with Gasteiger partial charge in [0, 0.05) is 0 Å². The Morgan fingerprint density at radius 3 is 1.85 bits per heavy atom. The molecule has 0 saturated carbocycles. The third kappa shape index (κ3) is 8.87. The van der Waals surface area contributed by atoms with Crippen molar-refractivity contribution < 1.29 is 24.4 Å². The van der Waals surface area contributed by atoms with Crippen molar-refractivity contribution in [3.05, 3.63) is 0 Å². The van der Waals surface area contributed by atoms with E-state index in [1.54, 1.807) is 0 Å². The summed E-state index contributed by atoms with van der Waals surface area (Å²) >= 11 is 0. The number of hydrogen-bond donors (Lipinski definition) is 2. The van der Waals surface area contributed by atoms with Crippen molar-refractivity contribution in [3.8, 4) is 0 Å². The number of rotatable bonds is 1. The lowest BCUT2D eigenvalue weighted by atomic mass is 10.1. The molecule has 2 aliphatic heterocycles. The highest BCUT2D eigenvalue weighted by atomic mass is 16.7. The van der Waals surface area contributed by atoms with Crippen molar-refractivity contribution >= 4 is 0 Å². The van der Waals surface area contributed by atoms with Crippen LogP contribution in [0.4, 0.5) is 0 Å². The molecule has 20 heavy (non-hydrogen) atoms. The van der Waals surface area contributed by atoms with Crippen LogP contribution < -0.4 is 0 Å². The Balaban J connectivity index is 0.000000441. The van der Waals surface area contributed by atoms with Crippen molar-refractivity contribution in [2.45, 2.75) is 91.2 Å². The zero-order chi connectivity index (χ0) is 16.0. The molecule has 2 fully saturated rings. The molecule has 0 aromatic rings. The molecule has 5 nitrogen and oxygen atoms in total. The van der Waals surface area contributed by atoms with Crippen LogP contribution in [-0.4, -0.2) is 46.7 Å². The fraction of sp³-hybridized carbons (Fsp3) is 1.00. The van der Waals surface area contributed by atoms with Gasteiger partial charge in [0.25, 0.3) is 0 Å². The first-order valence-corrected chi connectivity index (χ1v) is 7.49. The summed E-state index contributed by atoms with van der Waals surface area (Å²) in [5.74, 6) is -1.92. The zero-order valence-electron chi connectivity index (χ0n) is 14.0. The van der Waals surface area contributed by atoms with E-state index >= 15 is 0 Å². The maximum absolute atomic E-state index is 8.08. The maximum Gasteiger partial charge on any atom is 0.163 e. The first kappa shape index (κ1) is 19.8. The molecular weight excluding hydrogens is 260 g/mol. The van der Waals surface area contributed by atoms with E-state index in [-0.39, 0.29) is 12.2 Å². The standard InChI is InChI=1S/C10H18O3.C3H8O2.C2H6/c1-7-4-5-8(12-7)9-6-11-10(2,3)13-9;1-3(2,4)5;1-2/h7-9H,4-6H2,1-3H3;4-5H,1-2H3;1-2H3/t7?,8-,9?;;/m0../s1. The summed E-state index contributed by atoms with van der Waals surface area (Å²) in [5.41, 5.74) is 0. The molecule has 2 heterocycles. The van der Waals surface area contributed by atoms with E-state index in [9.17, 15) is 0 Å². The quantitative estimate of drug-likeness (QED) is 0.727. The molecule has 3 atom stereocenters. The van der Waals surface area contributed by atoms with E-state index < -0.39 is 11.6 Å². The van der Waals surface area contributed by atoms with Crippen LogP contribution in [0.15, 0.2) is 0 Å². The highest BCUT2D eigenvalue weighted by molar-refractivity contribution is 4.83. The Morgan fingerprint density at radius 1 is 1.05 bits per heavy atom. The SMILES string of the molecule is CC.CC(C)(O)O.CC1CC[C@@H](C2COC(C)(C)O2)O1. The minimum absolute atomic E-state index is 0.139. The second-order valence-electron chi connectivity index (χ2n) is 5.92. The summed E-state index contributed by atoms with van der Waals surface area (Å²) in [6, 6.07) is 0. The average Bonchev–Trinajstić information content (AvgIpc) is 2.85. The van der Waals surface area contributed by atoms with Gasteiger partial charge < -0.3 is 24.4 Å². The molecular formula is C15H32O5. The molecule has 0 spiro atoms. The van der Waals surface area contributed by atoms with Gasteiger partial charge in [0.05, 0.1) is 18.8 Å². The first-order chi connectivity index (χ1) is 9.07. The number of ether oxygens (including phenoxy) is 3. The smallest absolute Gasteiger partial charge is 0.163 e. The van der Waals surface area contributed by atoms with Crippen LogP contribution in [0.5, 0.6) is 0 Å². The Kier molecular flexibility index (Phi) is 8.21. The molecule has 0 amide bonds. The number of hydrogen-bond acceptors (Lipinski definition) is 5. The summed E-state index contributed by atoms with van der Waals surface area (Å²) in [6.07, 6.45) is 3.02. The van der Waals surface area contributed by atoms with Gasteiger partial charge >= 0.3 is 0 Å². The van der Waals surface area contributed by atoms with Crippen LogP contribution in [0.2, 0.25) is 0 Å². The largest absolute Gasteiger partial charge is 0.372 e. The van der Waals surface area contributed by atoms with Gasteiger partial charge in [-0.2, -0.15) is 0 Å². The maximum atomic E-state index is 8.08. The Morgan fingerprint density at radius 2 is 1.55 bits per heavy atom. The summed E-state index contributed by atoms with van der Waals surface area (Å²) in [4.78, 5) is 0. The molecule has 2 saturated heterocycles. The van der Waals surface area contributed by atoms with Crippen LogP contribution in [0.3, 0.4) is 0 Å². The molecule has 0 aromatic heterocycles. The molecule has 0 aliphatic carbocycles. The van der Waals surface area contributed by atoms with Crippen LogP contribution >= 0.6 is 0 Å². The molecule has 0 radical (unpaired) electrons. The van der Waals surface area contributed by atoms with E-state index in [4.69, 9.17) is 24.4 Å². The molecule has 122 valence electrons. The highest BCUT2D eigenvalue weighted by Crippen LogP contribution is 2.31. The van der Waals surface area contributed by atoms with Crippen molar-refractivity contribution in [1.82, 2.24) is 0 Å². The predicted molar refractivity (Wildman–Crippen MR) is 78.3 cm³/mol. The van der Waals surface area contributed by atoms with Gasteiger partial charge in [-0.15, -0.1) is 0 Å². The molecule has 2 N–H and O–H groups in total. The van der Waals surface area contributed by atoms with E-state index in [2.05, 4.69) is 6.92 Å². The Labute approximate surface area is 123 Å². The normalized spacial score (nSPS) is 31.9. The van der Waals surface area contributed by atoms with Gasteiger partial charge in [0.15, 0.2) is 11.6 Å². The van der Waals surface area contributed by atoms with E-state index in [1.165, 1.54) is 13.8 Å². The highest BCUT2D eigenvalue weighted by Gasteiger charge is 2.40. The van der Waals surface area contributed by atoms with Crippen molar-refractivity contribution in [2.24, 2.45) is 0 Å². The third-order valence-corrected chi connectivity index (χ3v) is 2.71. The van der Waals surface area contributed by atoms with Gasteiger partial charge in [-0.25, -0.2) is 0 Å². The topological polar surface area (TPSA) is 68.2 Å². The van der Waals surface area contributed by atoms with Gasteiger partial charge in [-0.05, 0) is 47.5 Å². The molecule has 2 rings (SSSR count). The first-order valence-electron chi connectivity index (χ1n) is 7.49. The van der Waals surface area contributed by atoms with Crippen LogP contribution in [0.25, 0.3) is 0 Å². The van der Waals surface area contributed by atoms with Crippen LogP contribution in [0, 0.1) is 0 Å². The van der Waals surface area contributed by atoms with Gasteiger partial charge in [-0.3, -0.25) is 0 Å². The Bertz CT molecular complexity index is 253. The molecule has 2 unspecified atom stereocenters. The lowest BCUT2D eigenvalue weighted by molar-refractivity contribution is -0.154. The molecule has 0 bridgehead atoms. The van der Waals surface area contributed by atoms with Crippen molar-refractivity contribution in [3.63, 3.8) is 0 Å². The summed E-state index contributed by atoms with van der Waals surface area (Å²) in [7, 11) is 0. The van der Waals surface area contributed by atoms with E-state index in [1.807, 2.05) is 27.7 Å². The van der Waals surface area contributed by atoms with Crippen LogP contribution in [-0.2, 0) is 14.2 Å². The minimum Gasteiger partial charge on any atom is -0.372 e. The fourth-order valence-corrected chi connectivity index (χ4v) is 2.01. The molecule has 5 heteroatoms. The average molecular weight is 292 g/mol.